The number of benzene rings is 1. The quantitative estimate of drug-likeness (QED) is 0.534. The van der Waals surface area contributed by atoms with Gasteiger partial charge in [0.05, 0.1) is 11.9 Å². The van der Waals surface area contributed by atoms with Gasteiger partial charge in [0, 0.05) is 40.6 Å². The molecule has 29 heavy (non-hydrogen) atoms. The third kappa shape index (κ3) is 3.44. The van der Waals surface area contributed by atoms with Gasteiger partial charge in [0.15, 0.2) is 0 Å². The minimum atomic E-state index is -0.0366. The van der Waals surface area contributed by atoms with Crippen LogP contribution in [0, 0.1) is 0 Å². The Labute approximate surface area is 177 Å². The van der Waals surface area contributed by atoms with Crippen LogP contribution < -0.4 is 16.2 Å². The summed E-state index contributed by atoms with van der Waals surface area (Å²) in [6.07, 6.45) is 4.54. The highest BCUT2D eigenvalue weighted by molar-refractivity contribution is 7.22. The normalized spacial score (nSPS) is 16.6. The third-order valence-electron chi connectivity index (χ3n) is 5.26. The summed E-state index contributed by atoms with van der Waals surface area (Å²) in [6, 6.07) is 15.8. The van der Waals surface area contributed by atoms with Gasteiger partial charge in [0.1, 0.15) is 10.5 Å². The maximum absolute atomic E-state index is 13.1. The van der Waals surface area contributed by atoms with Gasteiger partial charge >= 0.3 is 0 Å². The first kappa shape index (κ1) is 18.4. The molecule has 1 aromatic carbocycles. The molecule has 3 aromatic heterocycles. The molecular weight excluding hydrogens is 404 g/mol. The molecule has 0 amide bonds. The zero-order valence-corrected chi connectivity index (χ0v) is 17.2. The number of aromatic nitrogens is 2. The second kappa shape index (κ2) is 7.30. The minimum absolute atomic E-state index is 0.0366. The van der Waals surface area contributed by atoms with Crippen LogP contribution in [0.3, 0.4) is 0 Å². The Bertz CT molecular complexity index is 1230. The van der Waals surface area contributed by atoms with Crippen LogP contribution in [-0.2, 0) is 0 Å². The van der Waals surface area contributed by atoms with E-state index in [1.165, 1.54) is 11.3 Å². The molecule has 1 aliphatic heterocycles. The monoisotopic (exact) mass is 422 g/mol. The van der Waals surface area contributed by atoms with Crippen molar-refractivity contribution in [2.45, 2.75) is 12.5 Å². The molecule has 4 aromatic rings. The van der Waals surface area contributed by atoms with Crippen molar-refractivity contribution < 1.29 is 0 Å². The van der Waals surface area contributed by atoms with E-state index in [-0.39, 0.29) is 11.6 Å². The summed E-state index contributed by atoms with van der Waals surface area (Å²) in [5.74, 6) is 0.900. The highest BCUT2D eigenvalue weighted by atomic mass is 35.5. The first-order chi connectivity index (χ1) is 14.1. The van der Waals surface area contributed by atoms with Crippen LogP contribution >= 0.6 is 22.9 Å². The zero-order valence-electron chi connectivity index (χ0n) is 15.6. The van der Waals surface area contributed by atoms with Crippen LogP contribution in [0.5, 0.6) is 0 Å². The third-order valence-corrected chi connectivity index (χ3v) is 6.70. The van der Waals surface area contributed by atoms with E-state index in [1.807, 2.05) is 54.7 Å². The Kier molecular flexibility index (Phi) is 4.62. The average Bonchev–Trinajstić information content (AvgIpc) is 3.36. The van der Waals surface area contributed by atoms with E-state index in [4.69, 9.17) is 17.3 Å². The molecule has 1 fully saturated rings. The topological polar surface area (TPSA) is 64.2 Å². The number of hydrogen-bond acceptors (Lipinski definition) is 5. The van der Waals surface area contributed by atoms with Gasteiger partial charge in [-0.3, -0.25) is 9.36 Å². The number of halogens is 1. The molecule has 5 rings (SSSR count). The maximum atomic E-state index is 13.1. The number of pyridine rings is 2. The van der Waals surface area contributed by atoms with E-state index in [0.29, 0.717) is 5.02 Å². The maximum Gasteiger partial charge on any atom is 0.273 e. The van der Waals surface area contributed by atoms with Crippen LogP contribution in [0.1, 0.15) is 6.42 Å². The largest absolute Gasteiger partial charge is 0.355 e. The van der Waals surface area contributed by atoms with Crippen molar-refractivity contribution in [3.05, 3.63) is 76.3 Å². The van der Waals surface area contributed by atoms with Crippen molar-refractivity contribution in [1.29, 1.82) is 0 Å². The molecule has 2 N–H and O–H groups in total. The van der Waals surface area contributed by atoms with Gasteiger partial charge in [0.25, 0.3) is 5.56 Å². The lowest BCUT2D eigenvalue weighted by Crippen LogP contribution is -2.26. The van der Waals surface area contributed by atoms with Gasteiger partial charge in [-0.25, -0.2) is 4.98 Å². The molecule has 0 aliphatic carbocycles. The molecule has 0 spiro atoms. The average molecular weight is 423 g/mol. The molecule has 1 aliphatic rings. The second-order valence-corrected chi connectivity index (χ2v) is 8.75. The van der Waals surface area contributed by atoms with Gasteiger partial charge in [-0.15, -0.1) is 11.3 Å². The fraction of sp³-hybridized carbons (Fsp3) is 0.182. The first-order valence-electron chi connectivity index (χ1n) is 9.46. The second-order valence-electron chi connectivity index (χ2n) is 7.26. The van der Waals surface area contributed by atoms with Gasteiger partial charge in [-0.1, -0.05) is 23.7 Å². The van der Waals surface area contributed by atoms with E-state index in [9.17, 15) is 4.79 Å². The fourth-order valence-electron chi connectivity index (χ4n) is 3.69. The Balaban J connectivity index is 1.50. The first-order valence-corrected chi connectivity index (χ1v) is 10.7. The van der Waals surface area contributed by atoms with Crippen molar-refractivity contribution in [3.63, 3.8) is 0 Å². The van der Waals surface area contributed by atoms with Gasteiger partial charge in [0.2, 0.25) is 0 Å². The van der Waals surface area contributed by atoms with Crippen LogP contribution in [-0.4, -0.2) is 28.7 Å². The zero-order chi connectivity index (χ0) is 20.0. The molecule has 5 nitrogen and oxygen atoms in total. The molecule has 7 heteroatoms. The Morgan fingerprint density at radius 2 is 1.97 bits per heavy atom. The number of nitrogens with two attached hydrogens (primary N) is 1. The molecular formula is C22H19ClN4OS. The van der Waals surface area contributed by atoms with Crippen molar-refractivity contribution in [2.75, 3.05) is 18.0 Å². The van der Waals surface area contributed by atoms with E-state index in [2.05, 4.69) is 9.88 Å². The number of anilines is 1. The molecule has 1 atom stereocenters. The van der Waals surface area contributed by atoms with Crippen LogP contribution in [0.15, 0.2) is 65.7 Å². The molecule has 4 heterocycles. The number of hydrogen-bond donors (Lipinski definition) is 1. The SMILES string of the molecule is N[C@@H]1CCN(c2ccc(-n3ccc4cc(-c5ccc(Cl)cc5)sc4c3=O)cn2)C1. The summed E-state index contributed by atoms with van der Waals surface area (Å²) >= 11 is 7.48. The molecule has 0 radical (unpaired) electrons. The van der Waals surface area contributed by atoms with E-state index < -0.39 is 0 Å². The van der Waals surface area contributed by atoms with Gasteiger partial charge in [-0.2, -0.15) is 0 Å². The highest BCUT2D eigenvalue weighted by Gasteiger charge is 2.20. The lowest BCUT2D eigenvalue weighted by molar-refractivity contribution is 0.751. The standard InChI is InChI=1S/C22H19ClN4OS/c23-16-3-1-14(2-4-16)19-11-15-7-10-27(22(28)21(15)29-19)18-5-6-20(25-12-18)26-9-8-17(24)13-26/h1-7,10-12,17H,8-9,13,24H2/t17-/m1/s1. The van der Waals surface area contributed by atoms with E-state index in [0.717, 1.165) is 51.5 Å². The fourth-order valence-corrected chi connectivity index (χ4v) is 4.91. The summed E-state index contributed by atoms with van der Waals surface area (Å²) in [4.78, 5) is 20.9. The molecule has 1 saturated heterocycles. The predicted octanol–water partition coefficient (Wildman–Crippen LogP) is 4.31. The predicted molar refractivity (Wildman–Crippen MR) is 120 cm³/mol. The van der Waals surface area contributed by atoms with E-state index >= 15 is 0 Å². The van der Waals surface area contributed by atoms with Crippen molar-refractivity contribution in [3.8, 4) is 16.1 Å². The van der Waals surface area contributed by atoms with Crippen molar-refractivity contribution >= 4 is 38.8 Å². The smallest absolute Gasteiger partial charge is 0.273 e. The molecule has 146 valence electrons. The van der Waals surface area contributed by atoms with Crippen LogP contribution in [0.25, 0.3) is 26.2 Å². The molecule has 0 saturated carbocycles. The summed E-state index contributed by atoms with van der Waals surface area (Å²) in [7, 11) is 0. The lowest BCUT2D eigenvalue weighted by Gasteiger charge is -2.17. The minimum Gasteiger partial charge on any atom is -0.355 e. The number of nitrogens with zero attached hydrogens (tertiary/aromatic N) is 3. The van der Waals surface area contributed by atoms with E-state index in [1.54, 1.807) is 10.8 Å². The Hall–Kier alpha value is -2.67. The van der Waals surface area contributed by atoms with Crippen LogP contribution in [0.4, 0.5) is 5.82 Å². The summed E-state index contributed by atoms with van der Waals surface area (Å²) in [5, 5.41) is 1.64. The van der Waals surface area contributed by atoms with Gasteiger partial charge in [-0.05, 0) is 48.4 Å². The van der Waals surface area contributed by atoms with Crippen molar-refractivity contribution in [2.24, 2.45) is 5.73 Å². The Morgan fingerprint density at radius 1 is 1.14 bits per heavy atom. The summed E-state index contributed by atoms with van der Waals surface area (Å²) in [5.41, 5.74) is 7.76. The summed E-state index contributed by atoms with van der Waals surface area (Å²) in [6.45, 7) is 1.74. The molecule has 0 unspecified atom stereocenters. The Morgan fingerprint density at radius 3 is 2.66 bits per heavy atom. The molecule has 0 bridgehead atoms. The van der Waals surface area contributed by atoms with Crippen molar-refractivity contribution in [1.82, 2.24) is 9.55 Å². The summed E-state index contributed by atoms with van der Waals surface area (Å²) < 4.78 is 2.38. The van der Waals surface area contributed by atoms with Gasteiger partial charge < -0.3 is 10.6 Å². The lowest BCUT2D eigenvalue weighted by atomic mass is 10.2. The highest BCUT2D eigenvalue weighted by Crippen LogP contribution is 2.32. The number of rotatable bonds is 3. The van der Waals surface area contributed by atoms with Crippen LogP contribution in [0.2, 0.25) is 5.02 Å². The number of fused-ring (bicyclic) bond motifs is 1. The number of thiophene rings is 1.